The van der Waals surface area contributed by atoms with Crippen molar-refractivity contribution in [1.29, 1.82) is 0 Å². The molecule has 0 saturated carbocycles. The van der Waals surface area contributed by atoms with Gasteiger partial charge in [0.2, 0.25) is 0 Å². The summed E-state index contributed by atoms with van der Waals surface area (Å²) < 4.78 is 25.6. The van der Waals surface area contributed by atoms with Crippen LogP contribution in [0.2, 0.25) is 0 Å². The Labute approximate surface area is 146 Å². The average Bonchev–Trinajstić information content (AvgIpc) is 2.80. The van der Waals surface area contributed by atoms with Gasteiger partial charge in [0.15, 0.2) is 0 Å². The number of alkyl halides is 2. The molecule has 3 aromatic carbocycles. The molecule has 0 aromatic heterocycles. The normalized spacial score (nSPS) is 13.2. The number of hydrogen-bond acceptors (Lipinski definition) is 0. The molecule has 0 bridgehead atoms. The fraction of sp³-hybridized carbons (Fsp3) is 0.130. The number of rotatable bonds is 2. The van der Waals surface area contributed by atoms with Gasteiger partial charge < -0.3 is 0 Å². The van der Waals surface area contributed by atoms with Crippen LogP contribution in [0.1, 0.15) is 39.8 Å². The first kappa shape index (κ1) is 15.8. The largest absolute Gasteiger partial charge is 0.263 e. The third-order valence-electron chi connectivity index (χ3n) is 4.78. The van der Waals surface area contributed by atoms with Crippen LogP contribution in [-0.2, 0) is 12.8 Å². The third kappa shape index (κ3) is 3.12. The van der Waals surface area contributed by atoms with Crippen molar-refractivity contribution in [3.05, 3.63) is 106 Å². The van der Waals surface area contributed by atoms with E-state index in [1.807, 2.05) is 0 Å². The van der Waals surface area contributed by atoms with Gasteiger partial charge >= 0.3 is 0 Å². The molecule has 0 unspecified atom stereocenters. The van der Waals surface area contributed by atoms with E-state index in [-0.39, 0.29) is 5.56 Å². The Morgan fingerprint density at radius 1 is 0.680 bits per heavy atom. The second-order valence-corrected chi connectivity index (χ2v) is 6.34. The van der Waals surface area contributed by atoms with Crippen LogP contribution in [0.5, 0.6) is 0 Å². The van der Waals surface area contributed by atoms with Crippen LogP contribution >= 0.6 is 0 Å². The lowest BCUT2D eigenvalue weighted by molar-refractivity contribution is 0.151. The zero-order valence-corrected chi connectivity index (χ0v) is 13.8. The Balaban J connectivity index is 1.87. The molecular formula is C23H18F2. The predicted octanol–water partition coefficient (Wildman–Crippen LogP) is 6.31. The Morgan fingerprint density at radius 3 is 1.72 bits per heavy atom. The van der Waals surface area contributed by atoms with Gasteiger partial charge in [-0.25, -0.2) is 8.78 Å². The van der Waals surface area contributed by atoms with Gasteiger partial charge in [-0.1, -0.05) is 72.8 Å². The Kier molecular flexibility index (Phi) is 4.19. The van der Waals surface area contributed by atoms with Crippen molar-refractivity contribution in [3.8, 4) is 0 Å². The quantitative estimate of drug-likeness (QED) is 0.516. The van der Waals surface area contributed by atoms with E-state index in [0.717, 1.165) is 24.0 Å². The van der Waals surface area contributed by atoms with E-state index in [9.17, 15) is 8.78 Å². The van der Waals surface area contributed by atoms with Crippen LogP contribution in [0.3, 0.4) is 0 Å². The summed E-state index contributed by atoms with van der Waals surface area (Å²) in [6.07, 6.45) is 1.70. The molecule has 0 aliphatic heterocycles. The van der Waals surface area contributed by atoms with E-state index >= 15 is 0 Å². The summed E-state index contributed by atoms with van der Waals surface area (Å²) in [5.41, 5.74) is 7.27. The monoisotopic (exact) mass is 332 g/mol. The Hall–Kier alpha value is -2.74. The second kappa shape index (κ2) is 6.64. The van der Waals surface area contributed by atoms with Crippen molar-refractivity contribution in [2.75, 3.05) is 0 Å². The lowest BCUT2D eigenvalue weighted by atomic mass is 9.92. The van der Waals surface area contributed by atoms with Crippen molar-refractivity contribution in [1.82, 2.24) is 0 Å². The minimum Gasteiger partial charge on any atom is -0.205 e. The molecule has 0 saturated heterocycles. The molecule has 0 radical (unpaired) electrons. The van der Waals surface area contributed by atoms with Crippen LogP contribution < -0.4 is 0 Å². The van der Waals surface area contributed by atoms with Crippen molar-refractivity contribution >= 4 is 11.6 Å². The Morgan fingerprint density at radius 2 is 1.20 bits per heavy atom. The molecule has 3 aromatic rings. The number of fused-ring (bicyclic) bond motifs is 2. The summed E-state index contributed by atoms with van der Waals surface area (Å²) >= 11 is 0. The van der Waals surface area contributed by atoms with Gasteiger partial charge in [-0.05, 0) is 52.3 Å². The summed E-state index contributed by atoms with van der Waals surface area (Å²) in [5.74, 6) is 0. The highest BCUT2D eigenvalue weighted by Gasteiger charge is 2.17. The molecule has 0 N–H and O–H groups in total. The molecule has 0 fully saturated rings. The number of aryl methyl sites for hydroxylation is 2. The highest BCUT2D eigenvalue weighted by Crippen LogP contribution is 2.35. The molecule has 124 valence electrons. The zero-order chi connectivity index (χ0) is 17.2. The SMILES string of the molecule is FC(F)c1ccc(C=C2c3ccccc3CCc3ccccc32)cc1. The smallest absolute Gasteiger partial charge is 0.205 e. The molecule has 2 heteroatoms. The molecule has 0 nitrogen and oxygen atoms in total. The molecule has 25 heavy (non-hydrogen) atoms. The fourth-order valence-corrected chi connectivity index (χ4v) is 3.48. The molecule has 1 aliphatic carbocycles. The third-order valence-corrected chi connectivity index (χ3v) is 4.78. The lowest BCUT2D eigenvalue weighted by Gasteiger charge is -2.12. The van der Waals surface area contributed by atoms with Gasteiger partial charge in [0, 0.05) is 5.56 Å². The van der Waals surface area contributed by atoms with E-state index in [0.29, 0.717) is 0 Å². The highest BCUT2D eigenvalue weighted by molar-refractivity contribution is 5.94. The van der Waals surface area contributed by atoms with Crippen LogP contribution in [0.15, 0.2) is 72.8 Å². The summed E-state index contributed by atoms with van der Waals surface area (Å²) in [5, 5.41) is 0. The number of halogens is 2. The van der Waals surface area contributed by atoms with E-state index < -0.39 is 6.43 Å². The van der Waals surface area contributed by atoms with Crippen LogP contribution in [0.25, 0.3) is 11.6 Å². The van der Waals surface area contributed by atoms with E-state index in [1.54, 1.807) is 12.1 Å². The topological polar surface area (TPSA) is 0 Å². The standard InChI is InChI=1S/C23H18F2/c24-23(25)19-11-9-16(10-12-19)15-22-20-7-3-1-5-17(20)13-14-18-6-2-4-8-21(18)22/h1-12,15,23H,13-14H2. The molecule has 1 aliphatic rings. The van der Waals surface area contributed by atoms with E-state index in [2.05, 4.69) is 54.6 Å². The predicted molar refractivity (Wildman–Crippen MR) is 98.7 cm³/mol. The first-order valence-corrected chi connectivity index (χ1v) is 8.49. The summed E-state index contributed by atoms with van der Waals surface area (Å²) in [6.45, 7) is 0. The van der Waals surface area contributed by atoms with Gasteiger partial charge in [0.1, 0.15) is 0 Å². The van der Waals surface area contributed by atoms with Crippen molar-refractivity contribution in [3.63, 3.8) is 0 Å². The van der Waals surface area contributed by atoms with Crippen molar-refractivity contribution < 1.29 is 8.78 Å². The van der Waals surface area contributed by atoms with Crippen molar-refractivity contribution in [2.45, 2.75) is 19.3 Å². The summed E-state index contributed by atoms with van der Waals surface area (Å²) in [4.78, 5) is 0. The molecule has 4 rings (SSSR count). The summed E-state index contributed by atoms with van der Waals surface area (Å²) in [6, 6.07) is 23.5. The maximum atomic E-state index is 12.8. The van der Waals surface area contributed by atoms with Gasteiger partial charge in [-0.2, -0.15) is 0 Å². The molecule has 0 amide bonds. The Bertz CT molecular complexity index is 871. The minimum absolute atomic E-state index is 0.0591. The molecular weight excluding hydrogens is 314 g/mol. The molecule has 0 spiro atoms. The van der Waals surface area contributed by atoms with Gasteiger partial charge in [-0.15, -0.1) is 0 Å². The maximum absolute atomic E-state index is 12.8. The second-order valence-electron chi connectivity index (χ2n) is 6.34. The molecule has 0 atom stereocenters. The van der Waals surface area contributed by atoms with Gasteiger partial charge in [0.05, 0.1) is 0 Å². The number of benzene rings is 3. The minimum atomic E-state index is -2.43. The first-order valence-electron chi connectivity index (χ1n) is 8.49. The average molecular weight is 332 g/mol. The zero-order valence-electron chi connectivity index (χ0n) is 13.8. The number of hydrogen-bond donors (Lipinski definition) is 0. The van der Waals surface area contributed by atoms with Crippen LogP contribution in [0, 0.1) is 0 Å². The van der Waals surface area contributed by atoms with Gasteiger partial charge in [0.25, 0.3) is 6.43 Å². The van der Waals surface area contributed by atoms with Crippen LogP contribution in [-0.4, -0.2) is 0 Å². The lowest BCUT2D eigenvalue weighted by Crippen LogP contribution is -1.92. The van der Waals surface area contributed by atoms with E-state index in [1.165, 1.54) is 34.4 Å². The molecule has 0 heterocycles. The first-order chi connectivity index (χ1) is 12.2. The highest BCUT2D eigenvalue weighted by atomic mass is 19.3. The van der Waals surface area contributed by atoms with Crippen LogP contribution in [0.4, 0.5) is 8.78 Å². The van der Waals surface area contributed by atoms with Crippen molar-refractivity contribution in [2.24, 2.45) is 0 Å². The summed E-state index contributed by atoms with van der Waals surface area (Å²) in [7, 11) is 0. The van der Waals surface area contributed by atoms with E-state index in [4.69, 9.17) is 0 Å². The van der Waals surface area contributed by atoms with Gasteiger partial charge in [-0.3, -0.25) is 0 Å². The maximum Gasteiger partial charge on any atom is 0.263 e. The fourth-order valence-electron chi connectivity index (χ4n) is 3.48.